The van der Waals surface area contributed by atoms with E-state index in [1.165, 1.54) is 0 Å². The van der Waals surface area contributed by atoms with Crippen molar-refractivity contribution in [2.75, 3.05) is 13.7 Å². The minimum atomic E-state index is -0.541. The summed E-state index contributed by atoms with van der Waals surface area (Å²) in [6.07, 6.45) is 0.550. The second kappa shape index (κ2) is 6.04. The van der Waals surface area contributed by atoms with E-state index in [1.807, 2.05) is 0 Å². The summed E-state index contributed by atoms with van der Waals surface area (Å²) in [6.45, 7) is -0.0489. The third-order valence-electron chi connectivity index (χ3n) is 3.56. The molecule has 0 unspecified atom stereocenters. The van der Waals surface area contributed by atoms with E-state index in [1.54, 1.807) is 31.4 Å². The highest BCUT2D eigenvalue weighted by atomic mass is 16.5. The van der Waals surface area contributed by atoms with Gasteiger partial charge >= 0.3 is 0 Å². The zero-order chi connectivity index (χ0) is 13.8. The molecule has 0 bridgehead atoms. The fourth-order valence-corrected chi connectivity index (χ4v) is 2.45. The van der Waals surface area contributed by atoms with E-state index in [0.717, 1.165) is 0 Å². The number of rotatable bonds is 4. The van der Waals surface area contributed by atoms with Crippen LogP contribution in [0.1, 0.15) is 23.2 Å². The van der Waals surface area contributed by atoms with Crippen molar-refractivity contribution in [1.82, 2.24) is 5.32 Å². The molecule has 19 heavy (non-hydrogen) atoms. The summed E-state index contributed by atoms with van der Waals surface area (Å²) in [5.41, 5.74) is 0.529. The lowest BCUT2D eigenvalue weighted by atomic mass is 10.1. The largest absolute Gasteiger partial charge is 0.497 e. The Labute approximate surface area is 112 Å². The molecule has 0 saturated heterocycles. The van der Waals surface area contributed by atoms with E-state index in [4.69, 9.17) is 9.84 Å². The summed E-state index contributed by atoms with van der Waals surface area (Å²) in [6, 6.07) is 6.83. The molecule has 2 rings (SSSR count). The zero-order valence-corrected chi connectivity index (χ0v) is 10.9. The minimum Gasteiger partial charge on any atom is -0.497 e. The number of methoxy groups -OCH3 is 1. The van der Waals surface area contributed by atoms with Gasteiger partial charge in [0.15, 0.2) is 0 Å². The molecule has 0 heterocycles. The van der Waals surface area contributed by atoms with Crippen LogP contribution < -0.4 is 10.1 Å². The van der Waals surface area contributed by atoms with Crippen molar-refractivity contribution in [3.8, 4) is 5.75 Å². The molecule has 1 aromatic carbocycles. The molecular formula is C14H19NO4. The first-order valence-electron chi connectivity index (χ1n) is 6.38. The van der Waals surface area contributed by atoms with Crippen molar-refractivity contribution >= 4 is 5.91 Å². The van der Waals surface area contributed by atoms with Gasteiger partial charge in [0.25, 0.3) is 5.91 Å². The number of hydrogen-bond acceptors (Lipinski definition) is 4. The van der Waals surface area contributed by atoms with Crippen molar-refractivity contribution in [2.45, 2.75) is 25.0 Å². The smallest absolute Gasteiger partial charge is 0.251 e. The molecule has 1 fully saturated rings. The molecule has 0 spiro atoms. The molecule has 1 amide bonds. The molecule has 1 aromatic rings. The summed E-state index contributed by atoms with van der Waals surface area (Å²) in [4.78, 5) is 12.1. The van der Waals surface area contributed by atoms with Crippen LogP contribution in [0, 0.1) is 5.92 Å². The average molecular weight is 265 g/mol. The predicted octanol–water partition coefficient (Wildman–Crippen LogP) is 0.557. The fraction of sp³-hybridized carbons (Fsp3) is 0.500. The molecule has 0 aromatic heterocycles. The second-order valence-electron chi connectivity index (χ2n) is 4.88. The third kappa shape index (κ3) is 3.24. The summed E-state index contributed by atoms with van der Waals surface area (Å²) < 4.78 is 5.07. The van der Waals surface area contributed by atoms with E-state index < -0.39 is 6.10 Å². The highest BCUT2D eigenvalue weighted by molar-refractivity contribution is 5.94. The highest BCUT2D eigenvalue weighted by Gasteiger charge is 2.33. The lowest BCUT2D eigenvalue weighted by Gasteiger charge is -2.12. The van der Waals surface area contributed by atoms with Gasteiger partial charge in [-0.25, -0.2) is 0 Å². The number of amides is 1. The number of ether oxygens (including phenoxy) is 1. The Morgan fingerprint density at radius 3 is 2.89 bits per heavy atom. The number of aliphatic hydroxyl groups excluding tert-OH is 2. The number of benzene rings is 1. The van der Waals surface area contributed by atoms with Gasteiger partial charge in [0, 0.05) is 24.1 Å². The SMILES string of the molecule is COc1cccc(C(=O)N[C@H]2C[C@H](CO)[C@H](O)C2)c1. The molecule has 104 valence electrons. The van der Waals surface area contributed by atoms with Gasteiger partial charge < -0.3 is 20.3 Å². The number of carbonyl (C=O) groups excluding carboxylic acids is 1. The Morgan fingerprint density at radius 1 is 1.47 bits per heavy atom. The van der Waals surface area contributed by atoms with E-state index in [2.05, 4.69) is 5.32 Å². The van der Waals surface area contributed by atoms with Crippen LogP contribution in [-0.4, -0.2) is 42.0 Å². The van der Waals surface area contributed by atoms with Gasteiger partial charge in [-0.3, -0.25) is 4.79 Å². The summed E-state index contributed by atoms with van der Waals surface area (Å²) in [5, 5.41) is 21.7. The van der Waals surface area contributed by atoms with Gasteiger partial charge in [0.05, 0.1) is 13.2 Å². The molecule has 1 aliphatic carbocycles. The Hall–Kier alpha value is -1.59. The van der Waals surface area contributed by atoms with Gasteiger partial charge in [-0.15, -0.1) is 0 Å². The molecule has 5 heteroatoms. The van der Waals surface area contributed by atoms with E-state index >= 15 is 0 Å². The van der Waals surface area contributed by atoms with Crippen LogP contribution in [0.5, 0.6) is 5.75 Å². The van der Waals surface area contributed by atoms with Gasteiger partial charge in [-0.1, -0.05) is 6.07 Å². The first-order chi connectivity index (χ1) is 9.13. The van der Waals surface area contributed by atoms with Crippen LogP contribution >= 0.6 is 0 Å². The van der Waals surface area contributed by atoms with E-state index in [0.29, 0.717) is 24.2 Å². The number of aliphatic hydroxyl groups is 2. The topological polar surface area (TPSA) is 78.8 Å². The second-order valence-corrected chi connectivity index (χ2v) is 4.88. The number of nitrogens with one attached hydrogen (secondary N) is 1. The lowest BCUT2D eigenvalue weighted by Crippen LogP contribution is -2.33. The molecule has 3 N–H and O–H groups in total. The van der Waals surface area contributed by atoms with Crippen molar-refractivity contribution < 1.29 is 19.7 Å². The zero-order valence-electron chi connectivity index (χ0n) is 10.9. The monoisotopic (exact) mass is 265 g/mol. The maximum absolute atomic E-state index is 12.1. The number of hydrogen-bond donors (Lipinski definition) is 3. The number of carbonyl (C=O) groups is 1. The Morgan fingerprint density at radius 2 is 2.26 bits per heavy atom. The maximum atomic E-state index is 12.1. The van der Waals surface area contributed by atoms with Crippen molar-refractivity contribution in [1.29, 1.82) is 0 Å². The highest BCUT2D eigenvalue weighted by Crippen LogP contribution is 2.26. The summed E-state index contributed by atoms with van der Waals surface area (Å²) in [7, 11) is 1.55. The van der Waals surface area contributed by atoms with Crippen LogP contribution in [0.25, 0.3) is 0 Å². The first-order valence-corrected chi connectivity index (χ1v) is 6.38. The predicted molar refractivity (Wildman–Crippen MR) is 70.1 cm³/mol. The van der Waals surface area contributed by atoms with E-state index in [9.17, 15) is 9.90 Å². The molecule has 5 nitrogen and oxygen atoms in total. The van der Waals surface area contributed by atoms with E-state index in [-0.39, 0.29) is 24.5 Å². The van der Waals surface area contributed by atoms with Crippen molar-refractivity contribution in [2.24, 2.45) is 5.92 Å². The van der Waals surface area contributed by atoms with Gasteiger partial charge in [-0.2, -0.15) is 0 Å². The van der Waals surface area contributed by atoms with Crippen LogP contribution in [-0.2, 0) is 0 Å². The molecule has 0 aliphatic heterocycles. The summed E-state index contributed by atoms with van der Waals surface area (Å²) in [5.74, 6) is 0.303. The Kier molecular flexibility index (Phi) is 4.39. The Balaban J connectivity index is 1.98. The maximum Gasteiger partial charge on any atom is 0.251 e. The molecular weight excluding hydrogens is 246 g/mol. The molecule has 0 radical (unpaired) electrons. The van der Waals surface area contributed by atoms with Crippen molar-refractivity contribution in [3.05, 3.63) is 29.8 Å². The van der Waals surface area contributed by atoms with Crippen LogP contribution in [0.4, 0.5) is 0 Å². The minimum absolute atomic E-state index is 0.0489. The normalized spacial score (nSPS) is 26.2. The van der Waals surface area contributed by atoms with Crippen LogP contribution in [0.3, 0.4) is 0 Å². The van der Waals surface area contributed by atoms with Gasteiger partial charge in [0.2, 0.25) is 0 Å². The molecule has 3 atom stereocenters. The summed E-state index contributed by atoms with van der Waals surface area (Å²) >= 11 is 0. The quantitative estimate of drug-likeness (QED) is 0.743. The van der Waals surface area contributed by atoms with Crippen LogP contribution in [0.15, 0.2) is 24.3 Å². The first kappa shape index (κ1) is 13.8. The van der Waals surface area contributed by atoms with Gasteiger partial charge in [-0.05, 0) is 31.0 Å². The fourth-order valence-electron chi connectivity index (χ4n) is 2.45. The molecule has 1 aliphatic rings. The Bertz CT molecular complexity index is 449. The van der Waals surface area contributed by atoms with Gasteiger partial charge in [0.1, 0.15) is 5.75 Å². The van der Waals surface area contributed by atoms with Crippen LogP contribution in [0.2, 0.25) is 0 Å². The molecule has 1 saturated carbocycles. The standard InChI is InChI=1S/C14H19NO4/c1-19-12-4-2-3-9(6-12)14(18)15-11-5-10(8-16)13(17)7-11/h2-4,6,10-11,13,16-17H,5,7-8H2,1H3,(H,15,18)/t10-,11+,13-/m1/s1. The van der Waals surface area contributed by atoms with Crippen molar-refractivity contribution in [3.63, 3.8) is 0 Å². The third-order valence-corrected chi connectivity index (χ3v) is 3.56. The lowest BCUT2D eigenvalue weighted by molar-refractivity contribution is 0.0903. The average Bonchev–Trinajstić information content (AvgIpc) is 2.78.